The van der Waals surface area contributed by atoms with E-state index in [-0.39, 0.29) is 10.8 Å². The minimum atomic E-state index is -0.463. The highest BCUT2D eigenvalue weighted by Crippen LogP contribution is 2.21. The molecular formula is C12H11ClFIN2O. The van der Waals surface area contributed by atoms with Gasteiger partial charge >= 0.3 is 0 Å². The highest BCUT2D eigenvalue weighted by Gasteiger charge is 2.21. The third-order valence-corrected chi connectivity index (χ3v) is 3.26. The van der Waals surface area contributed by atoms with Gasteiger partial charge < -0.3 is 10.6 Å². The van der Waals surface area contributed by atoms with Crippen LogP contribution in [-0.4, -0.2) is 11.9 Å². The molecule has 0 heterocycles. The summed E-state index contributed by atoms with van der Waals surface area (Å²) in [5, 5.41) is 5.69. The lowest BCUT2D eigenvalue weighted by Gasteiger charge is -2.05. The molecule has 0 bridgehead atoms. The molecule has 6 heteroatoms. The van der Waals surface area contributed by atoms with Crippen molar-refractivity contribution < 1.29 is 9.18 Å². The minimum absolute atomic E-state index is 0.146. The Morgan fingerprint density at radius 1 is 1.50 bits per heavy atom. The van der Waals surface area contributed by atoms with Gasteiger partial charge in [-0.05, 0) is 53.6 Å². The van der Waals surface area contributed by atoms with E-state index in [2.05, 4.69) is 10.6 Å². The van der Waals surface area contributed by atoms with Gasteiger partial charge in [0.05, 0.1) is 5.69 Å². The largest absolute Gasteiger partial charge is 0.373 e. The van der Waals surface area contributed by atoms with E-state index in [0.717, 1.165) is 16.4 Å². The number of nitrogens with one attached hydrogen (secondary N) is 2. The molecule has 96 valence electrons. The maximum atomic E-state index is 13.5. The van der Waals surface area contributed by atoms with Gasteiger partial charge in [-0.15, -0.1) is 0 Å². The molecule has 1 aromatic carbocycles. The summed E-state index contributed by atoms with van der Waals surface area (Å²) in [5.74, 6) is -0.914. The predicted octanol–water partition coefficient (Wildman–Crippen LogP) is 3.20. The van der Waals surface area contributed by atoms with Gasteiger partial charge in [0, 0.05) is 15.7 Å². The van der Waals surface area contributed by atoms with Crippen LogP contribution < -0.4 is 10.6 Å². The molecule has 0 spiro atoms. The van der Waals surface area contributed by atoms with E-state index in [1.165, 1.54) is 18.2 Å². The zero-order chi connectivity index (χ0) is 13.1. The Labute approximate surface area is 123 Å². The molecule has 1 amide bonds. The fourth-order valence-electron chi connectivity index (χ4n) is 1.34. The second kappa shape index (κ2) is 5.88. The second-order valence-corrected chi connectivity index (χ2v) is 5.68. The number of hydrogen-bond donors (Lipinski definition) is 2. The van der Waals surface area contributed by atoms with Gasteiger partial charge in [0.15, 0.2) is 0 Å². The molecule has 2 N–H and O–H groups in total. The van der Waals surface area contributed by atoms with E-state index < -0.39 is 11.7 Å². The van der Waals surface area contributed by atoms with Crippen LogP contribution in [0.1, 0.15) is 12.8 Å². The van der Waals surface area contributed by atoms with Gasteiger partial charge in [-0.25, -0.2) is 4.39 Å². The number of anilines is 1. The van der Waals surface area contributed by atoms with Crippen LogP contribution in [0.25, 0.3) is 0 Å². The summed E-state index contributed by atoms with van der Waals surface area (Å²) in [6, 6.07) is 4.96. The number of carbonyl (C=O) groups excluding carboxylic acids is 1. The van der Waals surface area contributed by atoms with Crippen molar-refractivity contribution in [3.8, 4) is 0 Å². The van der Waals surface area contributed by atoms with Crippen LogP contribution >= 0.6 is 34.2 Å². The summed E-state index contributed by atoms with van der Waals surface area (Å²) < 4.78 is 14.2. The zero-order valence-electron chi connectivity index (χ0n) is 9.34. The third-order valence-electron chi connectivity index (χ3n) is 2.37. The molecule has 2 rings (SSSR count). The van der Waals surface area contributed by atoms with E-state index in [9.17, 15) is 9.18 Å². The summed E-state index contributed by atoms with van der Waals surface area (Å²) in [6.45, 7) is 0. The average Bonchev–Trinajstić information content (AvgIpc) is 3.05. The summed E-state index contributed by atoms with van der Waals surface area (Å²) in [4.78, 5) is 11.6. The van der Waals surface area contributed by atoms with E-state index >= 15 is 0 Å². The summed E-state index contributed by atoms with van der Waals surface area (Å²) in [5.41, 5.74) is 0.146. The maximum absolute atomic E-state index is 13.5. The molecule has 0 aliphatic heterocycles. The molecule has 1 aromatic rings. The van der Waals surface area contributed by atoms with Crippen molar-refractivity contribution in [3.63, 3.8) is 0 Å². The maximum Gasteiger partial charge on any atom is 0.251 e. The third kappa shape index (κ3) is 4.13. The van der Waals surface area contributed by atoms with Crippen molar-refractivity contribution in [2.75, 3.05) is 5.32 Å². The average molecular weight is 381 g/mol. The Balaban J connectivity index is 1.97. The topological polar surface area (TPSA) is 41.1 Å². The minimum Gasteiger partial charge on any atom is -0.373 e. The van der Waals surface area contributed by atoms with Crippen LogP contribution in [0.5, 0.6) is 0 Å². The first-order valence-electron chi connectivity index (χ1n) is 5.44. The molecule has 18 heavy (non-hydrogen) atoms. The molecule has 0 atom stereocenters. The Hall–Kier alpha value is -0.820. The fourth-order valence-corrected chi connectivity index (χ4v) is 2.05. The molecule has 0 radical (unpaired) electrons. The highest BCUT2D eigenvalue weighted by molar-refractivity contribution is 14.1. The Morgan fingerprint density at radius 2 is 2.22 bits per heavy atom. The predicted molar refractivity (Wildman–Crippen MR) is 77.8 cm³/mol. The highest BCUT2D eigenvalue weighted by atomic mass is 127. The Kier molecular flexibility index (Phi) is 4.45. The first-order valence-corrected chi connectivity index (χ1v) is 6.90. The van der Waals surface area contributed by atoms with Gasteiger partial charge in [-0.2, -0.15) is 0 Å². The molecule has 0 saturated heterocycles. The second-order valence-electron chi connectivity index (χ2n) is 4.02. The van der Waals surface area contributed by atoms with Crippen molar-refractivity contribution >= 4 is 45.8 Å². The van der Waals surface area contributed by atoms with E-state index in [1.807, 2.05) is 22.6 Å². The molecule has 3 nitrogen and oxygen atoms in total. The van der Waals surface area contributed by atoms with Crippen LogP contribution in [0.15, 0.2) is 29.4 Å². The fraction of sp³-hybridized carbons (Fsp3) is 0.250. The van der Waals surface area contributed by atoms with Gasteiger partial charge in [-0.1, -0.05) is 11.6 Å². The van der Waals surface area contributed by atoms with Crippen molar-refractivity contribution in [2.24, 2.45) is 0 Å². The van der Waals surface area contributed by atoms with Crippen molar-refractivity contribution in [3.05, 3.63) is 38.8 Å². The van der Waals surface area contributed by atoms with Crippen molar-refractivity contribution in [1.82, 2.24) is 5.32 Å². The van der Waals surface area contributed by atoms with Gasteiger partial charge in [0.25, 0.3) is 5.91 Å². The van der Waals surface area contributed by atoms with Crippen LogP contribution in [0, 0.1) is 9.39 Å². The van der Waals surface area contributed by atoms with Crippen molar-refractivity contribution in [1.29, 1.82) is 0 Å². The standard InChI is InChI=1S/C12H11ClFIN2O/c13-11(16-8-2-3-8)6-12(18)17-10-4-1-7(15)5-9(10)14/h1,4-6,8,16H,2-3H2,(H,17,18)/b11-6-. The first-order chi connectivity index (χ1) is 8.54. The summed E-state index contributed by atoms with van der Waals surface area (Å²) in [6.07, 6.45) is 3.35. The Morgan fingerprint density at radius 3 is 2.83 bits per heavy atom. The number of hydrogen-bond acceptors (Lipinski definition) is 2. The molecule has 1 saturated carbocycles. The van der Waals surface area contributed by atoms with Gasteiger partial charge in [0.2, 0.25) is 0 Å². The first kappa shape index (κ1) is 13.6. The lowest BCUT2D eigenvalue weighted by molar-refractivity contribution is -0.112. The van der Waals surface area contributed by atoms with E-state index in [4.69, 9.17) is 11.6 Å². The van der Waals surface area contributed by atoms with Crippen LogP contribution in [0.3, 0.4) is 0 Å². The molecule has 1 aliphatic carbocycles. The lowest BCUT2D eigenvalue weighted by Crippen LogP contribution is -2.16. The summed E-state index contributed by atoms with van der Waals surface area (Å²) >= 11 is 7.84. The van der Waals surface area contributed by atoms with Crippen LogP contribution in [0.4, 0.5) is 10.1 Å². The molecule has 0 aromatic heterocycles. The quantitative estimate of drug-likeness (QED) is 0.478. The number of amides is 1. The lowest BCUT2D eigenvalue weighted by atomic mass is 10.3. The number of carbonyl (C=O) groups is 1. The molecular weight excluding hydrogens is 370 g/mol. The number of benzene rings is 1. The van der Waals surface area contributed by atoms with E-state index in [0.29, 0.717) is 6.04 Å². The Bertz CT molecular complexity index is 503. The van der Waals surface area contributed by atoms with Crippen molar-refractivity contribution in [2.45, 2.75) is 18.9 Å². The zero-order valence-corrected chi connectivity index (χ0v) is 12.3. The molecule has 1 aliphatic rings. The van der Waals surface area contributed by atoms with Gasteiger partial charge in [-0.3, -0.25) is 4.79 Å². The normalized spacial score (nSPS) is 15.4. The SMILES string of the molecule is O=C(/C=C(/Cl)NC1CC1)Nc1ccc(I)cc1F. The molecule has 1 fully saturated rings. The molecule has 0 unspecified atom stereocenters. The van der Waals surface area contributed by atoms with Crippen LogP contribution in [-0.2, 0) is 4.79 Å². The number of rotatable bonds is 4. The summed E-state index contributed by atoms with van der Waals surface area (Å²) in [7, 11) is 0. The monoisotopic (exact) mass is 380 g/mol. The van der Waals surface area contributed by atoms with E-state index in [1.54, 1.807) is 6.07 Å². The van der Waals surface area contributed by atoms with Gasteiger partial charge in [0.1, 0.15) is 11.0 Å². The smallest absolute Gasteiger partial charge is 0.251 e. The van der Waals surface area contributed by atoms with Crippen LogP contribution in [0.2, 0.25) is 0 Å². The number of halogens is 3.